The lowest BCUT2D eigenvalue weighted by atomic mass is 10.2. The normalized spacial score (nSPS) is 15.6. The molecular formula is C14H18N2O2. The first-order valence-electron chi connectivity index (χ1n) is 6.19. The number of hydrogen-bond donors (Lipinski definition) is 2. The minimum Gasteiger partial charge on any atom is -0.497 e. The molecule has 0 amide bonds. The number of carbonyl (C=O) groups is 1. The van der Waals surface area contributed by atoms with Crippen molar-refractivity contribution in [1.29, 1.82) is 0 Å². The highest BCUT2D eigenvalue weighted by Gasteiger charge is 2.11. The molecule has 1 aromatic carbocycles. The van der Waals surface area contributed by atoms with Crippen molar-refractivity contribution in [3.8, 4) is 5.75 Å². The largest absolute Gasteiger partial charge is 0.497 e. The standard InChI is InChI=1S/C14H18N2O2/c1-18-12-9-7-11(8-10-12)15-16-13-5-3-2-4-6-14(13)17/h5,7-10,15-16H,2-4,6H2,1H3. The maximum atomic E-state index is 11.7. The zero-order valence-corrected chi connectivity index (χ0v) is 10.5. The van der Waals surface area contributed by atoms with Crippen LogP contribution < -0.4 is 15.6 Å². The lowest BCUT2D eigenvalue weighted by Gasteiger charge is -2.11. The average molecular weight is 246 g/mol. The molecule has 0 bridgehead atoms. The van der Waals surface area contributed by atoms with Crippen molar-refractivity contribution in [2.24, 2.45) is 0 Å². The van der Waals surface area contributed by atoms with E-state index in [9.17, 15) is 4.79 Å². The first-order valence-corrected chi connectivity index (χ1v) is 6.19. The molecule has 18 heavy (non-hydrogen) atoms. The van der Waals surface area contributed by atoms with Crippen LogP contribution in [-0.2, 0) is 4.79 Å². The Hall–Kier alpha value is -1.97. The van der Waals surface area contributed by atoms with Crippen molar-refractivity contribution in [1.82, 2.24) is 5.43 Å². The van der Waals surface area contributed by atoms with Gasteiger partial charge in [-0.25, -0.2) is 0 Å². The molecule has 1 aliphatic rings. The van der Waals surface area contributed by atoms with E-state index >= 15 is 0 Å². The number of carbonyl (C=O) groups excluding carboxylic acids is 1. The highest BCUT2D eigenvalue weighted by Crippen LogP contribution is 2.16. The van der Waals surface area contributed by atoms with Crippen LogP contribution in [0.2, 0.25) is 0 Å². The molecule has 0 aliphatic heterocycles. The second kappa shape index (κ2) is 6.10. The van der Waals surface area contributed by atoms with E-state index < -0.39 is 0 Å². The smallest absolute Gasteiger partial charge is 0.180 e. The van der Waals surface area contributed by atoms with Gasteiger partial charge >= 0.3 is 0 Å². The highest BCUT2D eigenvalue weighted by molar-refractivity contribution is 5.95. The Morgan fingerprint density at radius 2 is 1.89 bits per heavy atom. The zero-order chi connectivity index (χ0) is 12.8. The SMILES string of the molecule is COc1ccc(NNC2=CCCCCC2=O)cc1. The van der Waals surface area contributed by atoms with Crippen LogP contribution in [-0.4, -0.2) is 12.9 Å². The maximum Gasteiger partial charge on any atom is 0.180 e. The number of methoxy groups -OCH3 is 1. The summed E-state index contributed by atoms with van der Waals surface area (Å²) >= 11 is 0. The second-order valence-corrected chi connectivity index (χ2v) is 4.27. The zero-order valence-electron chi connectivity index (χ0n) is 10.5. The van der Waals surface area contributed by atoms with E-state index in [1.807, 2.05) is 30.3 Å². The molecule has 0 aromatic heterocycles. The van der Waals surface area contributed by atoms with Crippen LogP contribution in [0.5, 0.6) is 5.75 Å². The number of hydrazine groups is 1. The number of ketones is 1. The molecule has 0 saturated heterocycles. The monoisotopic (exact) mass is 246 g/mol. The number of allylic oxidation sites excluding steroid dienone is 2. The molecule has 0 saturated carbocycles. The molecule has 0 radical (unpaired) electrons. The average Bonchev–Trinajstić information content (AvgIpc) is 2.62. The van der Waals surface area contributed by atoms with Gasteiger partial charge in [-0.3, -0.25) is 10.2 Å². The van der Waals surface area contributed by atoms with Gasteiger partial charge < -0.3 is 10.2 Å². The Morgan fingerprint density at radius 1 is 1.11 bits per heavy atom. The predicted molar refractivity (Wildman–Crippen MR) is 71.3 cm³/mol. The van der Waals surface area contributed by atoms with Gasteiger partial charge in [0.2, 0.25) is 0 Å². The number of ether oxygens (including phenoxy) is 1. The Kier molecular flexibility index (Phi) is 4.23. The molecular weight excluding hydrogens is 228 g/mol. The topological polar surface area (TPSA) is 50.4 Å². The minimum absolute atomic E-state index is 0.175. The Bertz CT molecular complexity index is 438. The molecule has 2 N–H and O–H groups in total. The summed E-state index contributed by atoms with van der Waals surface area (Å²) in [4.78, 5) is 11.7. The summed E-state index contributed by atoms with van der Waals surface area (Å²) in [5, 5.41) is 0. The van der Waals surface area contributed by atoms with Gasteiger partial charge in [-0.05, 0) is 43.5 Å². The van der Waals surface area contributed by atoms with Crippen molar-refractivity contribution < 1.29 is 9.53 Å². The van der Waals surface area contributed by atoms with E-state index in [-0.39, 0.29) is 5.78 Å². The molecule has 96 valence electrons. The van der Waals surface area contributed by atoms with Crippen LogP contribution >= 0.6 is 0 Å². The molecule has 0 fully saturated rings. The van der Waals surface area contributed by atoms with E-state index in [4.69, 9.17) is 4.74 Å². The second-order valence-electron chi connectivity index (χ2n) is 4.27. The lowest BCUT2D eigenvalue weighted by Crippen LogP contribution is -2.25. The first kappa shape index (κ1) is 12.5. The molecule has 0 spiro atoms. The number of rotatable bonds is 4. The summed E-state index contributed by atoms with van der Waals surface area (Å²) in [6.45, 7) is 0. The molecule has 0 unspecified atom stereocenters. The fraction of sp³-hybridized carbons (Fsp3) is 0.357. The fourth-order valence-electron chi connectivity index (χ4n) is 1.86. The van der Waals surface area contributed by atoms with Gasteiger partial charge in [-0.1, -0.05) is 6.08 Å². The van der Waals surface area contributed by atoms with E-state index in [0.29, 0.717) is 12.1 Å². The number of Topliss-reactive ketones (excluding diaryl/α,β-unsaturated/α-hetero) is 1. The van der Waals surface area contributed by atoms with Crippen LogP contribution in [0.15, 0.2) is 36.0 Å². The molecule has 0 atom stereocenters. The first-order chi connectivity index (χ1) is 8.79. The van der Waals surface area contributed by atoms with Gasteiger partial charge in [-0.2, -0.15) is 0 Å². The third kappa shape index (κ3) is 3.26. The maximum absolute atomic E-state index is 11.7. The Labute approximate surface area is 107 Å². The van der Waals surface area contributed by atoms with Gasteiger partial charge in [0.1, 0.15) is 5.75 Å². The van der Waals surface area contributed by atoms with Crippen molar-refractivity contribution in [3.05, 3.63) is 36.0 Å². The summed E-state index contributed by atoms with van der Waals surface area (Å²) < 4.78 is 5.08. The lowest BCUT2D eigenvalue weighted by molar-refractivity contribution is -0.115. The summed E-state index contributed by atoms with van der Waals surface area (Å²) in [5.41, 5.74) is 7.58. The Balaban J connectivity index is 1.93. The summed E-state index contributed by atoms with van der Waals surface area (Å²) in [6, 6.07) is 7.53. The van der Waals surface area contributed by atoms with Gasteiger partial charge in [0.25, 0.3) is 0 Å². The van der Waals surface area contributed by atoms with E-state index in [0.717, 1.165) is 30.7 Å². The molecule has 1 aromatic rings. The number of anilines is 1. The third-order valence-corrected chi connectivity index (χ3v) is 2.94. The molecule has 4 heteroatoms. The van der Waals surface area contributed by atoms with Gasteiger partial charge in [0, 0.05) is 6.42 Å². The summed E-state index contributed by atoms with van der Waals surface area (Å²) in [6.07, 6.45) is 5.61. The fourth-order valence-corrected chi connectivity index (χ4v) is 1.86. The van der Waals surface area contributed by atoms with E-state index in [2.05, 4.69) is 10.9 Å². The summed E-state index contributed by atoms with van der Waals surface area (Å²) in [5.74, 6) is 0.985. The van der Waals surface area contributed by atoms with Crippen LogP contribution in [0.4, 0.5) is 5.69 Å². The van der Waals surface area contributed by atoms with Crippen molar-refractivity contribution >= 4 is 11.5 Å². The molecule has 2 rings (SSSR count). The van der Waals surface area contributed by atoms with E-state index in [1.165, 1.54) is 0 Å². The highest BCUT2D eigenvalue weighted by atomic mass is 16.5. The quantitative estimate of drug-likeness (QED) is 0.802. The van der Waals surface area contributed by atoms with Gasteiger partial charge in [-0.15, -0.1) is 0 Å². The Morgan fingerprint density at radius 3 is 2.61 bits per heavy atom. The van der Waals surface area contributed by atoms with Crippen LogP contribution in [0.1, 0.15) is 25.7 Å². The van der Waals surface area contributed by atoms with Crippen molar-refractivity contribution in [3.63, 3.8) is 0 Å². The van der Waals surface area contributed by atoms with Crippen LogP contribution in [0.3, 0.4) is 0 Å². The predicted octanol–water partition coefficient (Wildman–Crippen LogP) is 2.64. The molecule has 1 aliphatic carbocycles. The number of nitrogens with one attached hydrogen (secondary N) is 2. The molecule has 0 heterocycles. The van der Waals surface area contributed by atoms with Crippen LogP contribution in [0.25, 0.3) is 0 Å². The van der Waals surface area contributed by atoms with Gasteiger partial charge in [0.15, 0.2) is 5.78 Å². The summed E-state index contributed by atoms with van der Waals surface area (Å²) in [7, 11) is 1.63. The van der Waals surface area contributed by atoms with Crippen LogP contribution in [0, 0.1) is 0 Å². The number of benzene rings is 1. The van der Waals surface area contributed by atoms with Crippen molar-refractivity contribution in [2.75, 3.05) is 12.5 Å². The van der Waals surface area contributed by atoms with Crippen molar-refractivity contribution in [2.45, 2.75) is 25.7 Å². The molecule has 4 nitrogen and oxygen atoms in total. The number of hydrogen-bond acceptors (Lipinski definition) is 4. The third-order valence-electron chi connectivity index (χ3n) is 2.94. The minimum atomic E-state index is 0.175. The van der Waals surface area contributed by atoms with E-state index in [1.54, 1.807) is 7.11 Å². The van der Waals surface area contributed by atoms with Gasteiger partial charge in [0.05, 0.1) is 18.5 Å².